The highest BCUT2D eigenvalue weighted by Crippen LogP contribution is 2.28. The number of hydrogen-bond donors (Lipinski definition) is 2. The topological polar surface area (TPSA) is 49.3 Å². The van der Waals surface area contributed by atoms with E-state index in [9.17, 15) is 4.79 Å². The molecule has 0 spiro atoms. The van der Waals surface area contributed by atoms with Gasteiger partial charge in [-0.15, -0.1) is 0 Å². The van der Waals surface area contributed by atoms with Gasteiger partial charge in [0.05, 0.1) is 6.10 Å². The summed E-state index contributed by atoms with van der Waals surface area (Å²) in [5, 5.41) is 12.2. The third-order valence-electron chi connectivity index (χ3n) is 3.57. The van der Waals surface area contributed by atoms with Crippen molar-refractivity contribution in [3.05, 3.63) is 0 Å². The van der Waals surface area contributed by atoms with Gasteiger partial charge in [0.15, 0.2) is 0 Å². The first-order valence-corrected chi connectivity index (χ1v) is 6.46. The smallest absolute Gasteiger partial charge is 0.220 e. The number of carbonyl (C=O) groups excluding carboxylic acids is 1. The molecule has 1 saturated carbocycles. The Morgan fingerprint density at radius 3 is 2.69 bits per heavy atom. The molecule has 4 unspecified atom stereocenters. The molecular weight excluding hydrogens is 202 g/mol. The van der Waals surface area contributed by atoms with E-state index in [1.807, 2.05) is 0 Å². The second-order valence-corrected chi connectivity index (χ2v) is 5.46. The van der Waals surface area contributed by atoms with E-state index in [1.54, 1.807) is 6.92 Å². The summed E-state index contributed by atoms with van der Waals surface area (Å²) < 4.78 is 0. The van der Waals surface area contributed by atoms with Crippen molar-refractivity contribution in [3.63, 3.8) is 0 Å². The Hall–Kier alpha value is -0.570. The second kappa shape index (κ2) is 6.24. The molecule has 3 heteroatoms. The second-order valence-electron chi connectivity index (χ2n) is 5.46. The highest BCUT2D eigenvalue weighted by molar-refractivity contribution is 5.76. The van der Waals surface area contributed by atoms with Crippen LogP contribution in [0.4, 0.5) is 0 Å². The Labute approximate surface area is 98.6 Å². The molecule has 1 fully saturated rings. The van der Waals surface area contributed by atoms with Crippen LogP contribution in [0.15, 0.2) is 0 Å². The summed E-state index contributed by atoms with van der Waals surface area (Å²) >= 11 is 0. The van der Waals surface area contributed by atoms with E-state index in [2.05, 4.69) is 19.2 Å². The van der Waals surface area contributed by atoms with E-state index in [4.69, 9.17) is 5.11 Å². The fraction of sp³-hybridized carbons (Fsp3) is 0.923. The van der Waals surface area contributed by atoms with Crippen LogP contribution in [-0.2, 0) is 4.79 Å². The Bertz CT molecular complexity index is 228. The lowest BCUT2D eigenvalue weighted by atomic mass is 9.80. The largest absolute Gasteiger partial charge is 0.393 e. The van der Waals surface area contributed by atoms with Crippen LogP contribution in [0, 0.1) is 11.8 Å². The van der Waals surface area contributed by atoms with Gasteiger partial charge in [-0.2, -0.15) is 0 Å². The van der Waals surface area contributed by atoms with E-state index >= 15 is 0 Å². The lowest BCUT2D eigenvalue weighted by Gasteiger charge is -2.33. The fourth-order valence-electron chi connectivity index (χ4n) is 2.50. The van der Waals surface area contributed by atoms with Gasteiger partial charge in [-0.3, -0.25) is 4.79 Å². The van der Waals surface area contributed by atoms with Gasteiger partial charge in [0, 0.05) is 12.5 Å². The number of aliphatic hydroxyl groups is 1. The number of amides is 1. The Morgan fingerprint density at radius 1 is 1.44 bits per heavy atom. The van der Waals surface area contributed by atoms with Crippen molar-refractivity contribution in [2.45, 2.75) is 65.0 Å². The highest BCUT2D eigenvalue weighted by Gasteiger charge is 2.26. The van der Waals surface area contributed by atoms with Gasteiger partial charge >= 0.3 is 0 Å². The van der Waals surface area contributed by atoms with E-state index in [1.165, 1.54) is 12.8 Å². The van der Waals surface area contributed by atoms with Crippen LogP contribution < -0.4 is 5.32 Å². The minimum Gasteiger partial charge on any atom is -0.393 e. The lowest BCUT2D eigenvalue weighted by Crippen LogP contribution is -2.42. The zero-order valence-corrected chi connectivity index (χ0v) is 10.7. The van der Waals surface area contributed by atoms with Crippen molar-refractivity contribution < 1.29 is 9.90 Å². The Balaban J connectivity index is 2.28. The molecule has 0 aliphatic heterocycles. The summed E-state index contributed by atoms with van der Waals surface area (Å²) in [4.78, 5) is 11.6. The molecule has 2 N–H and O–H groups in total. The van der Waals surface area contributed by atoms with E-state index in [0.717, 1.165) is 12.3 Å². The standard InChI is InChI=1S/C13H25NO2/c1-9-4-6-12(10(2)8-9)14-13(16)7-5-11(3)15/h9-12,15H,4-8H2,1-3H3,(H,14,16). The van der Waals surface area contributed by atoms with E-state index in [0.29, 0.717) is 24.8 Å². The Kier molecular flexibility index (Phi) is 5.26. The van der Waals surface area contributed by atoms with Crippen molar-refractivity contribution >= 4 is 5.91 Å². The predicted molar refractivity (Wildman–Crippen MR) is 65.0 cm³/mol. The molecule has 16 heavy (non-hydrogen) atoms. The summed E-state index contributed by atoms with van der Waals surface area (Å²) in [6.07, 6.45) is 4.14. The molecule has 0 saturated heterocycles. The monoisotopic (exact) mass is 227 g/mol. The third-order valence-corrected chi connectivity index (χ3v) is 3.57. The fourth-order valence-corrected chi connectivity index (χ4v) is 2.50. The van der Waals surface area contributed by atoms with Gasteiger partial charge in [0.1, 0.15) is 0 Å². The first-order valence-electron chi connectivity index (χ1n) is 6.46. The molecule has 0 bridgehead atoms. The molecule has 1 aliphatic rings. The van der Waals surface area contributed by atoms with Crippen LogP contribution >= 0.6 is 0 Å². The number of rotatable bonds is 4. The van der Waals surface area contributed by atoms with Crippen LogP contribution in [-0.4, -0.2) is 23.2 Å². The molecule has 1 rings (SSSR count). The average Bonchev–Trinajstić information content (AvgIpc) is 2.19. The van der Waals surface area contributed by atoms with Crippen molar-refractivity contribution in [1.82, 2.24) is 5.32 Å². The van der Waals surface area contributed by atoms with Gasteiger partial charge in [0.25, 0.3) is 0 Å². The maximum Gasteiger partial charge on any atom is 0.220 e. The van der Waals surface area contributed by atoms with Crippen molar-refractivity contribution in [2.75, 3.05) is 0 Å². The van der Waals surface area contributed by atoms with Gasteiger partial charge in [-0.25, -0.2) is 0 Å². The highest BCUT2D eigenvalue weighted by atomic mass is 16.3. The maximum absolute atomic E-state index is 11.6. The molecule has 1 aliphatic carbocycles. The van der Waals surface area contributed by atoms with Crippen molar-refractivity contribution in [2.24, 2.45) is 11.8 Å². The third kappa shape index (κ3) is 4.52. The number of aliphatic hydroxyl groups excluding tert-OH is 1. The molecule has 94 valence electrons. The molecule has 0 aromatic rings. The summed E-state index contributed by atoms with van der Waals surface area (Å²) in [5.41, 5.74) is 0. The van der Waals surface area contributed by atoms with Crippen LogP contribution in [0.1, 0.15) is 52.9 Å². The van der Waals surface area contributed by atoms with Gasteiger partial charge in [-0.1, -0.05) is 13.8 Å². The zero-order chi connectivity index (χ0) is 12.1. The van der Waals surface area contributed by atoms with Crippen molar-refractivity contribution in [1.29, 1.82) is 0 Å². The van der Waals surface area contributed by atoms with E-state index in [-0.39, 0.29) is 12.0 Å². The van der Waals surface area contributed by atoms with Crippen LogP contribution in [0.25, 0.3) is 0 Å². The predicted octanol–water partition coefficient (Wildman–Crippen LogP) is 2.09. The van der Waals surface area contributed by atoms with E-state index < -0.39 is 0 Å². The van der Waals surface area contributed by atoms with Crippen LogP contribution in [0.2, 0.25) is 0 Å². The zero-order valence-electron chi connectivity index (χ0n) is 10.7. The number of hydrogen-bond acceptors (Lipinski definition) is 2. The van der Waals surface area contributed by atoms with Gasteiger partial charge in [0.2, 0.25) is 5.91 Å². The van der Waals surface area contributed by atoms with Crippen LogP contribution in [0.5, 0.6) is 0 Å². The molecule has 4 atom stereocenters. The molecule has 1 amide bonds. The van der Waals surface area contributed by atoms with Gasteiger partial charge in [-0.05, 0) is 44.4 Å². The minimum absolute atomic E-state index is 0.0901. The molecule has 3 nitrogen and oxygen atoms in total. The van der Waals surface area contributed by atoms with Gasteiger partial charge < -0.3 is 10.4 Å². The average molecular weight is 227 g/mol. The lowest BCUT2D eigenvalue weighted by molar-refractivity contribution is -0.123. The molecule has 0 aromatic heterocycles. The van der Waals surface area contributed by atoms with Crippen LogP contribution in [0.3, 0.4) is 0 Å². The summed E-state index contributed by atoms with van der Waals surface area (Å²) in [6.45, 7) is 6.22. The molecule has 0 radical (unpaired) electrons. The number of nitrogens with one attached hydrogen (secondary N) is 1. The SMILES string of the molecule is CC(O)CCC(=O)NC1CCC(C)CC1C. The summed E-state index contributed by atoms with van der Waals surface area (Å²) in [6, 6.07) is 0.345. The first kappa shape index (κ1) is 13.5. The molecule has 0 heterocycles. The maximum atomic E-state index is 11.6. The summed E-state index contributed by atoms with van der Waals surface area (Å²) in [7, 11) is 0. The Morgan fingerprint density at radius 2 is 2.12 bits per heavy atom. The summed E-state index contributed by atoms with van der Waals surface area (Å²) in [5.74, 6) is 1.46. The number of carbonyl (C=O) groups is 1. The van der Waals surface area contributed by atoms with Crippen molar-refractivity contribution in [3.8, 4) is 0 Å². The normalized spacial score (nSPS) is 32.1. The molecule has 0 aromatic carbocycles. The minimum atomic E-state index is -0.380. The molecular formula is C13H25NO2. The first-order chi connectivity index (χ1) is 7.49. The quantitative estimate of drug-likeness (QED) is 0.772.